The van der Waals surface area contributed by atoms with Crippen molar-refractivity contribution in [3.05, 3.63) is 45.1 Å². The van der Waals surface area contributed by atoms with Crippen LogP contribution in [-0.2, 0) is 22.6 Å². The summed E-state index contributed by atoms with van der Waals surface area (Å²) in [6.07, 6.45) is 1.03. The van der Waals surface area contributed by atoms with Crippen molar-refractivity contribution in [2.24, 2.45) is 0 Å². The van der Waals surface area contributed by atoms with E-state index in [0.717, 1.165) is 11.1 Å². The third-order valence-electron chi connectivity index (χ3n) is 5.87. The van der Waals surface area contributed by atoms with Gasteiger partial charge in [-0.1, -0.05) is 6.07 Å². The Balaban J connectivity index is 2.48. The summed E-state index contributed by atoms with van der Waals surface area (Å²) >= 11 is 0. The van der Waals surface area contributed by atoms with E-state index in [0.29, 0.717) is 46.8 Å². The number of hydrogen-bond acceptors (Lipinski definition) is 7. The Hall–Kier alpha value is -3.75. The van der Waals surface area contributed by atoms with E-state index in [4.69, 9.17) is 18.9 Å². The maximum atomic E-state index is 12.8. The summed E-state index contributed by atoms with van der Waals surface area (Å²) < 4.78 is 22.5. The first-order valence-electron chi connectivity index (χ1n) is 10.8. The zero-order valence-corrected chi connectivity index (χ0v) is 20.3. The zero-order chi connectivity index (χ0) is 25.0. The van der Waals surface area contributed by atoms with Gasteiger partial charge in [0.25, 0.3) is 0 Å². The number of fused-ring (bicyclic) bond motifs is 3. The van der Waals surface area contributed by atoms with Crippen molar-refractivity contribution in [1.82, 2.24) is 10.6 Å². The molecule has 2 N–H and O–H groups in total. The van der Waals surface area contributed by atoms with E-state index in [-0.39, 0.29) is 29.5 Å². The summed E-state index contributed by atoms with van der Waals surface area (Å²) in [5.41, 5.74) is 3.34. The van der Waals surface area contributed by atoms with Crippen molar-refractivity contribution in [2.75, 3.05) is 28.4 Å². The van der Waals surface area contributed by atoms with Gasteiger partial charge in [-0.15, -0.1) is 0 Å². The fourth-order valence-electron chi connectivity index (χ4n) is 4.49. The molecule has 0 saturated heterocycles. The number of amides is 2. The Morgan fingerprint density at radius 2 is 1.62 bits per heavy atom. The highest BCUT2D eigenvalue weighted by Gasteiger charge is 2.32. The Kier molecular flexibility index (Phi) is 7.65. The van der Waals surface area contributed by atoms with Crippen molar-refractivity contribution in [1.29, 1.82) is 0 Å². The number of carbonyl (C=O) groups excluding carboxylic acids is 2. The predicted molar refractivity (Wildman–Crippen MR) is 127 cm³/mol. The van der Waals surface area contributed by atoms with Crippen LogP contribution < -0.4 is 35.0 Å². The van der Waals surface area contributed by atoms with E-state index < -0.39 is 6.04 Å². The van der Waals surface area contributed by atoms with Crippen LogP contribution in [0.5, 0.6) is 23.0 Å². The molecule has 0 fully saturated rings. The maximum Gasteiger partial charge on any atom is 0.220 e. The van der Waals surface area contributed by atoms with Crippen LogP contribution in [0.4, 0.5) is 0 Å². The molecule has 0 aromatic heterocycles. The number of benzene rings is 1. The van der Waals surface area contributed by atoms with E-state index in [1.54, 1.807) is 12.1 Å². The van der Waals surface area contributed by atoms with Gasteiger partial charge < -0.3 is 29.6 Å². The third kappa shape index (κ3) is 4.64. The second-order valence-electron chi connectivity index (χ2n) is 7.91. The standard InChI is InChI=1S/C25H30N2O7/c1-13(28)26-12-18-16-7-9-19(27-14(2)29)17-11-20(30)21(31-3)10-8-15(17)22(16)24(33-5)25(34-6)23(18)32-4/h8,10-11,19H,7,9,12H2,1-6H3,(H,26,28)(H,27,29)/t19-/m0/s1. The smallest absolute Gasteiger partial charge is 0.220 e. The third-order valence-corrected chi connectivity index (χ3v) is 5.87. The number of carbonyl (C=O) groups is 2. The summed E-state index contributed by atoms with van der Waals surface area (Å²) in [6.45, 7) is 3.08. The molecule has 3 rings (SSSR count). The maximum absolute atomic E-state index is 12.8. The molecule has 2 amide bonds. The van der Waals surface area contributed by atoms with Gasteiger partial charge in [-0.2, -0.15) is 0 Å². The van der Waals surface area contributed by atoms with Gasteiger partial charge in [-0.25, -0.2) is 0 Å². The molecule has 0 saturated carbocycles. The fraction of sp³-hybridized carbons (Fsp3) is 0.400. The molecule has 0 aliphatic heterocycles. The molecule has 182 valence electrons. The molecule has 9 nitrogen and oxygen atoms in total. The average Bonchev–Trinajstić information content (AvgIpc) is 3.05. The SMILES string of the molecule is COc1c(CNC(C)=O)c2c(c(OC)c1OC)-c1ccc(OC)c(=O)cc1[C@@H](NC(C)=O)CC2. The zero-order valence-electron chi connectivity index (χ0n) is 20.3. The lowest BCUT2D eigenvalue weighted by Crippen LogP contribution is -2.26. The summed E-state index contributed by atoms with van der Waals surface area (Å²) in [6, 6.07) is 4.45. The van der Waals surface area contributed by atoms with Crippen LogP contribution in [0.1, 0.15) is 43.0 Å². The normalized spacial score (nSPS) is 14.1. The highest BCUT2D eigenvalue weighted by atomic mass is 16.5. The lowest BCUT2D eigenvalue weighted by atomic mass is 9.91. The molecule has 2 aromatic carbocycles. The van der Waals surface area contributed by atoms with Gasteiger partial charge in [0, 0.05) is 31.5 Å². The van der Waals surface area contributed by atoms with Crippen molar-refractivity contribution in [2.45, 2.75) is 39.3 Å². The Bertz CT molecular complexity index is 1180. The quantitative estimate of drug-likeness (QED) is 0.639. The predicted octanol–water partition coefficient (Wildman–Crippen LogP) is 2.51. The summed E-state index contributed by atoms with van der Waals surface area (Å²) in [5.74, 6) is 1.02. The molecule has 34 heavy (non-hydrogen) atoms. The molecule has 2 aromatic rings. The highest BCUT2D eigenvalue weighted by molar-refractivity contribution is 5.85. The van der Waals surface area contributed by atoms with Crippen LogP contribution in [0.3, 0.4) is 0 Å². The Labute approximate surface area is 198 Å². The van der Waals surface area contributed by atoms with Gasteiger partial charge in [0.15, 0.2) is 17.2 Å². The number of ether oxygens (including phenoxy) is 4. The molecule has 9 heteroatoms. The fourth-order valence-corrected chi connectivity index (χ4v) is 4.49. The van der Waals surface area contributed by atoms with Gasteiger partial charge >= 0.3 is 0 Å². The van der Waals surface area contributed by atoms with E-state index in [9.17, 15) is 14.4 Å². The van der Waals surface area contributed by atoms with Gasteiger partial charge in [-0.05, 0) is 41.7 Å². The molecule has 1 aliphatic rings. The van der Waals surface area contributed by atoms with Gasteiger partial charge in [-0.3, -0.25) is 14.4 Å². The van der Waals surface area contributed by atoms with Crippen LogP contribution in [0, 0.1) is 0 Å². The monoisotopic (exact) mass is 470 g/mol. The lowest BCUT2D eigenvalue weighted by molar-refractivity contribution is -0.120. The van der Waals surface area contributed by atoms with Crippen molar-refractivity contribution < 1.29 is 28.5 Å². The van der Waals surface area contributed by atoms with Crippen LogP contribution in [0.15, 0.2) is 23.0 Å². The Morgan fingerprint density at radius 3 is 2.18 bits per heavy atom. The van der Waals surface area contributed by atoms with E-state index >= 15 is 0 Å². The van der Waals surface area contributed by atoms with Crippen LogP contribution >= 0.6 is 0 Å². The number of hydrogen-bond donors (Lipinski definition) is 2. The first-order chi connectivity index (χ1) is 16.3. The van der Waals surface area contributed by atoms with Gasteiger partial charge in [0.05, 0.1) is 34.5 Å². The first-order valence-corrected chi connectivity index (χ1v) is 10.8. The van der Waals surface area contributed by atoms with Crippen molar-refractivity contribution in [3.8, 4) is 34.1 Å². The minimum absolute atomic E-state index is 0.175. The van der Waals surface area contributed by atoms with Crippen LogP contribution in [0.25, 0.3) is 11.1 Å². The summed E-state index contributed by atoms with van der Waals surface area (Å²) in [7, 11) is 6.00. The minimum Gasteiger partial charge on any atom is -0.493 e. The lowest BCUT2D eigenvalue weighted by Gasteiger charge is -2.23. The second kappa shape index (κ2) is 10.5. The number of nitrogens with one attached hydrogen (secondary N) is 2. The molecule has 1 aliphatic carbocycles. The largest absolute Gasteiger partial charge is 0.493 e. The van der Waals surface area contributed by atoms with E-state index in [1.807, 2.05) is 0 Å². The molecular weight excluding hydrogens is 440 g/mol. The summed E-state index contributed by atoms with van der Waals surface area (Å²) in [5, 5.41) is 5.81. The molecular formula is C25H30N2O7. The second-order valence-corrected chi connectivity index (χ2v) is 7.91. The van der Waals surface area contributed by atoms with Crippen LogP contribution in [0.2, 0.25) is 0 Å². The van der Waals surface area contributed by atoms with Crippen molar-refractivity contribution >= 4 is 11.8 Å². The number of rotatable bonds is 7. The topological polar surface area (TPSA) is 112 Å². The van der Waals surface area contributed by atoms with E-state index in [1.165, 1.54) is 48.4 Å². The molecule has 0 heterocycles. The molecule has 0 unspecified atom stereocenters. The van der Waals surface area contributed by atoms with Gasteiger partial charge in [0.2, 0.25) is 23.0 Å². The summed E-state index contributed by atoms with van der Waals surface area (Å²) in [4.78, 5) is 36.6. The first kappa shape index (κ1) is 24.9. The molecule has 0 spiro atoms. The molecule has 0 bridgehead atoms. The van der Waals surface area contributed by atoms with Gasteiger partial charge in [0.1, 0.15) is 0 Å². The number of methoxy groups -OCH3 is 4. The molecule has 1 atom stereocenters. The minimum atomic E-state index is -0.431. The van der Waals surface area contributed by atoms with Crippen molar-refractivity contribution in [3.63, 3.8) is 0 Å². The highest BCUT2D eigenvalue weighted by Crippen LogP contribution is 2.52. The van der Waals surface area contributed by atoms with Crippen LogP contribution in [-0.4, -0.2) is 40.3 Å². The molecule has 0 radical (unpaired) electrons. The Morgan fingerprint density at radius 1 is 0.941 bits per heavy atom. The van der Waals surface area contributed by atoms with E-state index in [2.05, 4.69) is 10.6 Å². The average molecular weight is 471 g/mol.